The lowest BCUT2D eigenvalue weighted by Gasteiger charge is -2.27. The molecule has 0 unspecified atom stereocenters. The molecule has 6 heteroatoms. The van der Waals surface area contributed by atoms with Crippen LogP contribution in [0, 0.1) is 0 Å². The van der Waals surface area contributed by atoms with E-state index in [1.165, 1.54) is 11.9 Å². The zero-order valence-corrected chi connectivity index (χ0v) is 8.98. The highest BCUT2D eigenvalue weighted by atomic mass is 16.4. The highest BCUT2D eigenvalue weighted by Gasteiger charge is 2.49. The van der Waals surface area contributed by atoms with Gasteiger partial charge >= 0.3 is 12.0 Å². The monoisotopic (exact) mass is 214 g/mol. The van der Waals surface area contributed by atoms with Crippen LogP contribution in [0.5, 0.6) is 0 Å². The van der Waals surface area contributed by atoms with E-state index in [2.05, 4.69) is 0 Å². The number of likely N-dealkylation sites (N-methyl/N-ethyl adjacent to an activating group) is 1. The number of carboxylic acids is 1. The normalized spacial score (nSPS) is 19.9. The highest BCUT2D eigenvalue weighted by molar-refractivity contribution is 6.06. The number of amides is 3. The number of nitrogens with zero attached hydrogens (tertiary/aromatic N) is 2. The Morgan fingerprint density at radius 1 is 1.40 bits per heavy atom. The number of imide groups is 1. The molecule has 1 N–H and O–H groups in total. The standard InChI is InChI=1S/C9H14N2O4/c1-9(2)7(14)10(3)8(15)11(9)5-4-6(12)13/h4-5H2,1-3H3,(H,12,13). The zero-order valence-electron chi connectivity index (χ0n) is 8.98. The quantitative estimate of drug-likeness (QED) is 0.677. The summed E-state index contributed by atoms with van der Waals surface area (Å²) < 4.78 is 0. The Labute approximate surface area is 87.5 Å². The van der Waals surface area contributed by atoms with E-state index < -0.39 is 17.5 Å². The smallest absolute Gasteiger partial charge is 0.327 e. The second-order valence-corrected chi connectivity index (χ2v) is 4.00. The van der Waals surface area contributed by atoms with Crippen molar-refractivity contribution in [1.82, 2.24) is 9.80 Å². The van der Waals surface area contributed by atoms with Crippen molar-refractivity contribution in [2.75, 3.05) is 13.6 Å². The molecule has 3 amide bonds. The number of hydrogen-bond acceptors (Lipinski definition) is 3. The molecule has 0 bridgehead atoms. The molecule has 1 heterocycles. The van der Waals surface area contributed by atoms with Crippen molar-refractivity contribution >= 4 is 17.9 Å². The van der Waals surface area contributed by atoms with Crippen molar-refractivity contribution in [1.29, 1.82) is 0 Å². The Kier molecular flexibility index (Phi) is 2.70. The number of urea groups is 1. The number of aliphatic carboxylic acids is 1. The summed E-state index contributed by atoms with van der Waals surface area (Å²) in [6.45, 7) is 3.27. The van der Waals surface area contributed by atoms with Gasteiger partial charge in [-0.2, -0.15) is 0 Å². The van der Waals surface area contributed by atoms with Gasteiger partial charge in [0, 0.05) is 13.6 Å². The van der Waals surface area contributed by atoms with Crippen LogP contribution in [0.2, 0.25) is 0 Å². The Bertz CT molecular complexity index is 324. The molecular formula is C9H14N2O4. The van der Waals surface area contributed by atoms with Crippen molar-refractivity contribution < 1.29 is 19.5 Å². The SMILES string of the molecule is CN1C(=O)N(CCC(=O)O)C(C)(C)C1=O. The summed E-state index contributed by atoms with van der Waals surface area (Å²) in [5, 5.41) is 8.53. The number of rotatable bonds is 3. The first kappa shape index (κ1) is 11.5. The Hall–Kier alpha value is -1.59. The second-order valence-electron chi connectivity index (χ2n) is 4.00. The third kappa shape index (κ3) is 1.79. The minimum Gasteiger partial charge on any atom is -0.481 e. The molecule has 0 aliphatic carbocycles. The molecule has 0 aromatic carbocycles. The first-order valence-corrected chi connectivity index (χ1v) is 4.60. The maximum Gasteiger partial charge on any atom is 0.327 e. The number of carbonyl (C=O) groups is 3. The Balaban J connectivity index is 2.83. The molecule has 0 aromatic rings. The topological polar surface area (TPSA) is 77.9 Å². The van der Waals surface area contributed by atoms with E-state index in [1.807, 2.05) is 0 Å². The molecule has 6 nitrogen and oxygen atoms in total. The fourth-order valence-electron chi connectivity index (χ4n) is 1.62. The van der Waals surface area contributed by atoms with Crippen LogP contribution in [0.4, 0.5) is 4.79 Å². The largest absolute Gasteiger partial charge is 0.481 e. The van der Waals surface area contributed by atoms with E-state index in [9.17, 15) is 14.4 Å². The van der Waals surface area contributed by atoms with Crippen LogP contribution < -0.4 is 0 Å². The average Bonchev–Trinajstić information content (AvgIpc) is 2.26. The number of carbonyl (C=O) groups excluding carboxylic acids is 2. The van der Waals surface area contributed by atoms with Crippen LogP contribution in [-0.4, -0.2) is 51.9 Å². The van der Waals surface area contributed by atoms with Crippen molar-refractivity contribution in [3.8, 4) is 0 Å². The van der Waals surface area contributed by atoms with Gasteiger partial charge in [0.1, 0.15) is 5.54 Å². The van der Waals surface area contributed by atoms with E-state index in [1.54, 1.807) is 13.8 Å². The molecule has 0 atom stereocenters. The van der Waals surface area contributed by atoms with Gasteiger partial charge in [0.2, 0.25) is 0 Å². The maximum absolute atomic E-state index is 11.6. The van der Waals surface area contributed by atoms with Crippen molar-refractivity contribution in [3.05, 3.63) is 0 Å². The number of hydrogen-bond donors (Lipinski definition) is 1. The summed E-state index contributed by atoms with van der Waals surface area (Å²) in [7, 11) is 1.40. The van der Waals surface area contributed by atoms with Gasteiger partial charge in [-0.25, -0.2) is 4.79 Å². The molecule has 1 aliphatic heterocycles. The summed E-state index contributed by atoms with van der Waals surface area (Å²) in [5.74, 6) is -1.29. The van der Waals surface area contributed by atoms with E-state index in [0.717, 1.165) is 4.90 Å². The second kappa shape index (κ2) is 3.52. The van der Waals surface area contributed by atoms with Crippen LogP contribution >= 0.6 is 0 Å². The van der Waals surface area contributed by atoms with Crippen LogP contribution in [0.25, 0.3) is 0 Å². The van der Waals surface area contributed by atoms with E-state index in [-0.39, 0.29) is 18.9 Å². The van der Waals surface area contributed by atoms with Gasteiger partial charge < -0.3 is 10.0 Å². The maximum atomic E-state index is 11.6. The van der Waals surface area contributed by atoms with Crippen molar-refractivity contribution in [2.45, 2.75) is 25.8 Å². The Morgan fingerprint density at radius 2 is 1.93 bits per heavy atom. The van der Waals surface area contributed by atoms with E-state index in [0.29, 0.717) is 0 Å². The third-order valence-electron chi connectivity index (χ3n) is 2.57. The molecule has 0 radical (unpaired) electrons. The first-order chi connectivity index (χ1) is 6.78. The molecule has 1 fully saturated rings. The zero-order chi connectivity index (χ0) is 11.8. The van der Waals surface area contributed by atoms with Gasteiger partial charge in [-0.15, -0.1) is 0 Å². The first-order valence-electron chi connectivity index (χ1n) is 4.60. The molecule has 0 saturated carbocycles. The van der Waals surface area contributed by atoms with Gasteiger partial charge in [0.15, 0.2) is 0 Å². The highest BCUT2D eigenvalue weighted by Crippen LogP contribution is 2.26. The molecule has 15 heavy (non-hydrogen) atoms. The van der Waals surface area contributed by atoms with E-state index in [4.69, 9.17) is 5.11 Å². The lowest BCUT2D eigenvalue weighted by Crippen LogP contribution is -2.45. The van der Waals surface area contributed by atoms with Crippen LogP contribution in [0.15, 0.2) is 0 Å². The summed E-state index contributed by atoms with van der Waals surface area (Å²) in [5.41, 5.74) is -0.943. The summed E-state index contributed by atoms with van der Waals surface area (Å²) >= 11 is 0. The van der Waals surface area contributed by atoms with Crippen LogP contribution in [0.3, 0.4) is 0 Å². The summed E-state index contributed by atoms with van der Waals surface area (Å²) in [6.07, 6.45) is -0.156. The van der Waals surface area contributed by atoms with E-state index >= 15 is 0 Å². The average molecular weight is 214 g/mol. The molecule has 1 aliphatic rings. The molecule has 1 saturated heterocycles. The van der Waals surface area contributed by atoms with Gasteiger partial charge in [-0.05, 0) is 13.8 Å². The van der Waals surface area contributed by atoms with Gasteiger partial charge in [-0.3, -0.25) is 14.5 Å². The fraction of sp³-hybridized carbons (Fsp3) is 0.667. The fourth-order valence-corrected chi connectivity index (χ4v) is 1.62. The van der Waals surface area contributed by atoms with Gasteiger partial charge in [-0.1, -0.05) is 0 Å². The Morgan fingerprint density at radius 3 is 2.27 bits per heavy atom. The molecule has 0 spiro atoms. The van der Waals surface area contributed by atoms with Gasteiger partial charge in [0.05, 0.1) is 6.42 Å². The van der Waals surface area contributed by atoms with Crippen LogP contribution in [-0.2, 0) is 9.59 Å². The minimum absolute atomic E-state index is 0.0528. The molecular weight excluding hydrogens is 200 g/mol. The van der Waals surface area contributed by atoms with Crippen molar-refractivity contribution in [3.63, 3.8) is 0 Å². The van der Waals surface area contributed by atoms with Gasteiger partial charge in [0.25, 0.3) is 5.91 Å². The molecule has 84 valence electrons. The molecule has 0 aromatic heterocycles. The summed E-state index contributed by atoms with van der Waals surface area (Å²) in [6, 6.07) is -0.439. The molecule has 1 rings (SSSR count). The van der Waals surface area contributed by atoms with Crippen LogP contribution in [0.1, 0.15) is 20.3 Å². The predicted molar refractivity (Wildman–Crippen MR) is 51.2 cm³/mol. The lowest BCUT2D eigenvalue weighted by atomic mass is 10.0. The van der Waals surface area contributed by atoms with Crippen molar-refractivity contribution in [2.24, 2.45) is 0 Å². The summed E-state index contributed by atoms with van der Waals surface area (Å²) in [4.78, 5) is 35.9. The minimum atomic E-state index is -0.986. The number of carboxylic acid groups (broad SMARTS) is 1. The predicted octanol–water partition coefficient (Wildman–Crippen LogP) is 0.134. The third-order valence-corrected chi connectivity index (χ3v) is 2.57. The lowest BCUT2D eigenvalue weighted by molar-refractivity contribution is -0.138.